The molecular formula is C11H32O3Si3. The number of hydrogen-bond acceptors (Lipinski definition) is 3. The maximum Gasteiger partial charge on any atom is 0.322 e. The van der Waals surface area contributed by atoms with E-state index in [1.54, 1.807) is 7.11 Å². The SMILES string of the molecule is CCC.CO[Si](C)(C)O[Si](C)(C)O[Si](C)(C)C. The molecule has 0 aromatic carbocycles. The van der Waals surface area contributed by atoms with Gasteiger partial charge in [0.1, 0.15) is 0 Å². The van der Waals surface area contributed by atoms with E-state index in [2.05, 4.69) is 59.7 Å². The average Bonchev–Trinajstić information content (AvgIpc) is 1.98. The minimum atomic E-state index is -2.00. The summed E-state index contributed by atoms with van der Waals surface area (Å²) in [6.45, 7) is 19.1. The van der Waals surface area contributed by atoms with Gasteiger partial charge in [-0.15, -0.1) is 0 Å². The molecule has 0 aromatic rings. The van der Waals surface area contributed by atoms with Gasteiger partial charge in [-0.2, -0.15) is 0 Å². The van der Waals surface area contributed by atoms with Crippen LogP contribution >= 0.6 is 0 Å². The number of rotatable bonds is 5. The lowest BCUT2D eigenvalue weighted by molar-refractivity contribution is 0.280. The van der Waals surface area contributed by atoms with Crippen LogP contribution in [0.25, 0.3) is 0 Å². The van der Waals surface area contributed by atoms with Gasteiger partial charge in [-0.3, -0.25) is 0 Å². The van der Waals surface area contributed by atoms with Crippen LogP contribution in [0.1, 0.15) is 20.3 Å². The molecule has 0 heterocycles. The van der Waals surface area contributed by atoms with Crippen molar-refractivity contribution in [3.63, 3.8) is 0 Å². The van der Waals surface area contributed by atoms with Crippen LogP contribution in [-0.2, 0) is 12.7 Å². The van der Waals surface area contributed by atoms with E-state index in [0.29, 0.717) is 0 Å². The molecule has 0 saturated carbocycles. The normalized spacial score (nSPS) is 13.1. The molecule has 0 aliphatic rings. The van der Waals surface area contributed by atoms with Gasteiger partial charge in [0.2, 0.25) is 0 Å². The maximum absolute atomic E-state index is 6.07. The zero-order valence-corrected chi connectivity index (χ0v) is 16.4. The van der Waals surface area contributed by atoms with E-state index in [-0.39, 0.29) is 0 Å². The molecule has 0 aliphatic heterocycles. The lowest BCUT2D eigenvalue weighted by atomic mass is 10.6. The van der Waals surface area contributed by atoms with Crippen molar-refractivity contribution in [3.8, 4) is 0 Å². The van der Waals surface area contributed by atoms with E-state index >= 15 is 0 Å². The van der Waals surface area contributed by atoms with E-state index in [4.69, 9.17) is 12.7 Å². The summed E-state index contributed by atoms with van der Waals surface area (Å²) < 4.78 is 17.5. The zero-order valence-electron chi connectivity index (χ0n) is 13.4. The monoisotopic (exact) mass is 296 g/mol. The second-order valence-corrected chi connectivity index (χ2v) is 17.9. The van der Waals surface area contributed by atoms with Crippen LogP contribution in [0, 0.1) is 0 Å². The van der Waals surface area contributed by atoms with Crippen molar-refractivity contribution >= 4 is 25.4 Å². The summed E-state index contributed by atoms with van der Waals surface area (Å²) in [6.07, 6.45) is 1.25. The topological polar surface area (TPSA) is 27.7 Å². The molecule has 0 amide bonds. The Morgan fingerprint density at radius 3 is 1.29 bits per heavy atom. The zero-order chi connectivity index (χ0) is 14.3. The molecule has 106 valence electrons. The van der Waals surface area contributed by atoms with Gasteiger partial charge in [-0.25, -0.2) is 0 Å². The Morgan fingerprint density at radius 1 is 0.706 bits per heavy atom. The second-order valence-electron chi connectivity index (χ2n) is 6.03. The molecule has 0 bridgehead atoms. The number of hydrogen-bond donors (Lipinski definition) is 0. The minimum Gasteiger partial charge on any atom is -0.437 e. The molecule has 0 saturated heterocycles. The molecule has 0 unspecified atom stereocenters. The third-order valence-electron chi connectivity index (χ3n) is 1.54. The van der Waals surface area contributed by atoms with Crippen LogP contribution in [0.4, 0.5) is 0 Å². The largest absolute Gasteiger partial charge is 0.437 e. The fraction of sp³-hybridized carbons (Fsp3) is 1.00. The molecule has 0 radical (unpaired) electrons. The molecule has 3 nitrogen and oxygen atoms in total. The van der Waals surface area contributed by atoms with Gasteiger partial charge in [-0.1, -0.05) is 20.3 Å². The quantitative estimate of drug-likeness (QED) is 0.707. The van der Waals surface area contributed by atoms with E-state index in [1.807, 2.05) is 0 Å². The highest BCUT2D eigenvalue weighted by Gasteiger charge is 2.38. The fourth-order valence-electron chi connectivity index (χ4n) is 1.39. The Bertz CT molecular complexity index is 201. The van der Waals surface area contributed by atoms with Crippen molar-refractivity contribution in [2.45, 2.75) is 66.1 Å². The molecule has 0 rings (SSSR count). The van der Waals surface area contributed by atoms with E-state index in [1.165, 1.54) is 6.42 Å². The summed E-state index contributed by atoms with van der Waals surface area (Å²) in [5, 5.41) is 0. The Labute approximate surface area is 111 Å². The summed E-state index contributed by atoms with van der Waals surface area (Å²) in [7, 11) is -3.74. The molecule has 17 heavy (non-hydrogen) atoms. The van der Waals surface area contributed by atoms with Gasteiger partial charge in [0.25, 0.3) is 0 Å². The smallest absolute Gasteiger partial charge is 0.322 e. The minimum absolute atomic E-state index is 1.25. The highest BCUT2D eigenvalue weighted by atomic mass is 28.5. The molecule has 0 atom stereocenters. The van der Waals surface area contributed by atoms with Gasteiger partial charge >= 0.3 is 17.1 Å². The Balaban J connectivity index is 0. The summed E-state index contributed by atoms with van der Waals surface area (Å²) in [5.41, 5.74) is 0. The van der Waals surface area contributed by atoms with E-state index in [0.717, 1.165) is 0 Å². The summed E-state index contributed by atoms with van der Waals surface area (Å²) in [4.78, 5) is 0. The van der Waals surface area contributed by atoms with Crippen LogP contribution < -0.4 is 0 Å². The van der Waals surface area contributed by atoms with Gasteiger partial charge in [-0.05, 0) is 45.8 Å². The van der Waals surface area contributed by atoms with Crippen LogP contribution in [-0.4, -0.2) is 32.5 Å². The van der Waals surface area contributed by atoms with Gasteiger partial charge in [0, 0.05) is 7.11 Å². The molecule has 0 spiro atoms. The Hall–Kier alpha value is 0.531. The van der Waals surface area contributed by atoms with Crippen LogP contribution in [0.5, 0.6) is 0 Å². The molecule has 0 N–H and O–H groups in total. The first-order valence-electron chi connectivity index (χ1n) is 6.34. The van der Waals surface area contributed by atoms with Crippen molar-refractivity contribution in [1.29, 1.82) is 0 Å². The van der Waals surface area contributed by atoms with Crippen molar-refractivity contribution in [2.24, 2.45) is 0 Å². The predicted molar refractivity (Wildman–Crippen MR) is 83.5 cm³/mol. The van der Waals surface area contributed by atoms with Crippen molar-refractivity contribution in [2.75, 3.05) is 7.11 Å². The van der Waals surface area contributed by atoms with Crippen LogP contribution in [0.15, 0.2) is 0 Å². The Kier molecular flexibility index (Phi) is 9.18. The summed E-state index contributed by atoms with van der Waals surface area (Å²) in [5.74, 6) is 0. The third kappa shape index (κ3) is 14.5. The highest BCUT2D eigenvalue weighted by molar-refractivity contribution is 6.85. The predicted octanol–water partition coefficient (Wildman–Crippen LogP) is 4.32. The van der Waals surface area contributed by atoms with Crippen LogP contribution in [0.3, 0.4) is 0 Å². The summed E-state index contributed by atoms with van der Waals surface area (Å²) in [6, 6.07) is 0. The molecular weight excluding hydrogens is 264 g/mol. The van der Waals surface area contributed by atoms with E-state index in [9.17, 15) is 0 Å². The maximum atomic E-state index is 6.07. The first kappa shape index (κ1) is 19.9. The first-order chi connectivity index (χ1) is 7.39. The third-order valence-corrected chi connectivity index (χ3v) is 10.9. The average molecular weight is 297 g/mol. The Morgan fingerprint density at radius 2 is 1.06 bits per heavy atom. The van der Waals surface area contributed by atoms with Crippen molar-refractivity contribution in [3.05, 3.63) is 0 Å². The van der Waals surface area contributed by atoms with E-state index < -0.39 is 25.4 Å². The first-order valence-corrected chi connectivity index (χ1v) is 15.4. The second kappa shape index (κ2) is 7.85. The highest BCUT2D eigenvalue weighted by Crippen LogP contribution is 2.20. The fourth-order valence-corrected chi connectivity index (χ4v) is 12.9. The van der Waals surface area contributed by atoms with Gasteiger partial charge in [0.05, 0.1) is 0 Å². The summed E-state index contributed by atoms with van der Waals surface area (Å²) >= 11 is 0. The molecule has 6 heteroatoms. The van der Waals surface area contributed by atoms with Crippen molar-refractivity contribution in [1.82, 2.24) is 0 Å². The van der Waals surface area contributed by atoms with Crippen LogP contribution in [0.2, 0.25) is 45.8 Å². The molecule has 0 fully saturated rings. The van der Waals surface area contributed by atoms with Gasteiger partial charge in [0.15, 0.2) is 8.32 Å². The van der Waals surface area contributed by atoms with Crippen molar-refractivity contribution < 1.29 is 12.7 Å². The molecule has 0 aromatic heterocycles. The van der Waals surface area contributed by atoms with Gasteiger partial charge < -0.3 is 12.7 Å². The lowest BCUT2D eigenvalue weighted by Gasteiger charge is -2.36. The standard InChI is InChI=1S/C8H24O3Si3.C3H8/c1-9-13(5,6)11-14(7,8)10-12(2,3)4;1-3-2/h1-8H3;3H2,1-2H3. The lowest BCUT2D eigenvalue weighted by Crippen LogP contribution is -2.52. The molecule has 0 aliphatic carbocycles.